The molecule has 2 rings (SSSR count). The molecule has 1 aliphatic rings. The molecule has 1 fully saturated rings. The van der Waals surface area contributed by atoms with E-state index in [1.165, 1.54) is 36.1 Å². The van der Waals surface area contributed by atoms with Crippen LogP contribution in [0.15, 0.2) is 23.1 Å². The van der Waals surface area contributed by atoms with Crippen molar-refractivity contribution < 1.29 is 4.74 Å². The van der Waals surface area contributed by atoms with Crippen molar-refractivity contribution in [3.8, 4) is 0 Å². The zero-order chi connectivity index (χ0) is 9.10. The minimum absolute atomic E-state index is 1.13. The van der Waals surface area contributed by atoms with Gasteiger partial charge in [-0.15, -0.1) is 11.3 Å². The normalized spacial score (nSPS) is 16.2. The van der Waals surface area contributed by atoms with E-state index in [-0.39, 0.29) is 0 Å². The molecule has 0 N–H and O–H groups in total. The molecule has 13 heavy (non-hydrogen) atoms. The standard InChI is InChI=1S/C11H14OS/c1-12-11(9-5-2-3-6-9)10-7-4-8-13-10/h4,7-8H,2-3,5-6H2,1H3. The molecule has 1 aromatic rings. The summed E-state index contributed by atoms with van der Waals surface area (Å²) in [6.07, 6.45) is 5.10. The van der Waals surface area contributed by atoms with Gasteiger partial charge in [0.25, 0.3) is 0 Å². The monoisotopic (exact) mass is 194 g/mol. The Morgan fingerprint density at radius 2 is 2.15 bits per heavy atom. The van der Waals surface area contributed by atoms with Gasteiger partial charge in [-0.25, -0.2) is 0 Å². The van der Waals surface area contributed by atoms with Crippen molar-refractivity contribution in [2.24, 2.45) is 0 Å². The molecule has 0 saturated heterocycles. The van der Waals surface area contributed by atoms with Crippen molar-refractivity contribution in [2.75, 3.05) is 7.11 Å². The lowest BCUT2D eigenvalue weighted by atomic mass is 10.2. The fraction of sp³-hybridized carbons (Fsp3) is 0.455. The summed E-state index contributed by atoms with van der Waals surface area (Å²) in [4.78, 5) is 1.28. The molecule has 1 nitrogen and oxygen atoms in total. The van der Waals surface area contributed by atoms with Crippen LogP contribution >= 0.6 is 11.3 Å². The highest BCUT2D eigenvalue weighted by Crippen LogP contribution is 2.33. The van der Waals surface area contributed by atoms with Gasteiger partial charge in [-0.1, -0.05) is 6.07 Å². The van der Waals surface area contributed by atoms with E-state index in [9.17, 15) is 0 Å². The van der Waals surface area contributed by atoms with Crippen LogP contribution in [0.5, 0.6) is 0 Å². The van der Waals surface area contributed by atoms with Crippen LogP contribution in [0.2, 0.25) is 0 Å². The molecule has 0 aliphatic heterocycles. The average molecular weight is 194 g/mol. The smallest absolute Gasteiger partial charge is 0.135 e. The summed E-state index contributed by atoms with van der Waals surface area (Å²) in [6.45, 7) is 0. The first kappa shape index (κ1) is 8.82. The maximum absolute atomic E-state index is 5.47. The molecule has 70 valence electrons. The second-order valence-electron chi connectivity index (χ2n) is 3.32. The van der Waals surface area contributed by atoms with Gasteiger partial charge in [-0.3, -0.25) is 0 Å². The van der Waals surface area contributed by atoms with E-state index in [0.29, 0.717) is 0 Å². The van der Waals surface area contributed by atoms with Crippen molar-refractivity contribution in [1.82, 2.24) is 0 Å². The van der Waals surface area contributed by atoms with Crippen LogP contribution in [-0.2, 0) is 4.74 Å². The molecule has 2 heteroatoms. The first-order chi connectivity index (χ1) is 6.42. The quantitative estimate of drug-likeness (QED) is 0.652. The Bertz CT molecular complexity index is 290. The molecule has 0 spiro atoms. The largest absolute Gasteiger partial charge is 0.495 e. The summed E-state index contributed by atoms with van der Waals surface area (Å²) in [5.74, 6) is 1.13. The molecule has 0 amide bonds. The Labute approximate surface area is 83.0 Å². The zero-order valence-electron chi connectivity index (χ0n) is 7.88. The van der Waals surface area contributed by atoms with Gasteiger partial charge in [0.05, 0.1) is 12.0 Å². The third kappa shape index (κ3) is 1.78. The second-order valence-corrected chi connectivity index (χ2v) is 4.27. The summed E-state index contributed by atoms with van der Waals surface area (Å²) in [6, 6.07) is 4.21. The predicted octanol–water partition coefficient (Wildman–Crippen LogP) is 3.68. The molecular weight excluding hydrogens is 180 g/mol. The van der Waals surface area contributed by atoms with Gasteiger partial charge in [0, 0.05) is 0 Å². The number of thiophene rings is 1. The Kier molecular flexibility index (Phi) is 2.69. The molecule has 0 unspecified atom stereocenters. The minimum atomic E-state index is 1.13. The van der Waals surface area contributed by atoms with Crippen LogP contribution in [0.4, 0.5) is 0 Å². The van der Waals surface area contributed by atoms with E-state index in [2.05, 4.69) is 17.5 Å². The molecule has 0 bridgehead atoms. The number of ether oxygens (including phenoxy) is 1. The van der Waals surface area contributed by atoms with E-state index in [0.717, 1.165) is 5.76 Å². The first-order valence-electron chi connectivity index (χ1n) is 4.71. The Balaban J connectivity index is 2.31. The van der Waals surface area contributed by atoms with Crippen molar-refractivity contribution in [3.05, 3.63) is 28.0 Å². The first-order valence-corrected chi connectivity index (χ1v) is 5.59. The third-order valence-corrected chi connectivity index (χ3v) is 3.35. The number of hydrogen-bond acceptors (Lipinski definition) is 2. The van der Waals surface area contributed by atoms with Crippen molar-refractivity contribution >= 4 is 17.1 Å². The van der Waals surface area contributed by atoms with E-state index in [1.807, 2.05) is 0 Å². The minimum Gasteiger partial charge on any atom is -0.495 e. The molecule has 1 heterocycles. The van der Waals surface area contributed by atoms with Crippen LogP contribution < -0.4 is 0 Å². The topological polar surface area (TPSA) is 9.23 Å². The molecule has 0 radical (unpaired) electrons. The summed E-state index contributed by atoms with van der Waals surface area (Å²) in [5, 5.41) is 2.10. The number of allylic oxidation sites excluding steroid dienone is 1. The van der Waals surface area contributed by atoms with Gasteiger partial charge in [-0.2, -0.15) is 0 Å². The van der Waals surface area contributed by atoms with Gasteiger partial charge in [0.1, 0.15) is 5.76 Å². The summed E-state index contributed by atoms with van der Waals surface area (Å²) in [7, 11) is 1.78. The number of hydrogen-bond donors (Lipinski definition) is 0. The van der Waals surface area contributed by atoms with Crippen molar-refractivity contribution in [1.29, 1.82) is 0 Å². The van der Waals surface area contributed by atoms with Crippen LogP contribution in [0.25, 0.3) is 5.76 Å². The molecule has 1 saturated carbocycles. The summed E-state index contributed by atoms with van der Waals surface area (Å²) < 4.78 is 5.47. The Hall–Kier alpha value is -0.760. The lowest BCUT2D eigenvalue weighted by molar-refractivity contribution is 0.367. The van der Waals surface area contributed by atoms with Gasteiger partial charge in [0.2, 0.25) is 0 Å². The van der Waals surface area contributed by atoms with Gasteiger partial charge in [0.15, 0.2) is 0 Å². The fourth-order valence-corrected chi connectivity index (χ4v) is 2.65. The lowest BCUT2D eigenvalue weighted by Gasteiger charge is -2.07. The fourth-order valence-electron chi connectivity index (χ4n) is 1.86. The summed E-state index contributed by atoms with van der Waals surface area (Å²) >= 11 is 1.76. The highest BCUT2D eigenvalue weighted by atomic mass is 32.1. The van der Waals surface area contributed by atoms with Crippen LogP contribution in [0, 0.1) is 0 Å². The predicted molar refractivity (Wildman–Crippen MR) is 56.7 cm³/mol. The third-order valence-electron chi connectivity index (χ3n) is 2.48. The van der Waals surface area contributed by atoms with E-state index in [1.54, 1.807) is 18.4 Å². The summed E-state index contributed by atoms with van der Waals surface area (Å²) in [5.41, 5.74) is 1.50. The number of rotatable bonds is 2. The molecule has 1 aromatic heterocycles. The molecule has 0 atom stereocenters. The van der Waals surface area contributed by atoms with Crippen LogP contribution in [-0.4, -0.2) is 7.11 Å². The Morgan fingerprint density at radius 3 is 2.69 bits per heavy atom. The maximum atomic E-state index is 5.47. The van der Waals surface area contributed by atoms with Crippen molar-refractivity contribution in [3.63, 3.8) is 0 Å². The van der Waals surface area contributed by atoms with E-state index < -0.39 is 0 Å². The zero-order valence-corrected chi connectivity index (χ0v) is 8.69. The van der Waals surface area contributed by atoms with Crippen molar-refractivity contribution in [2.45, 2.75) is 25.7 Å². The van der Waals surface area contributed by atoms with Crippen LogP contribution in [0.1, 0.15) is 30.6 Å². The van der Waals surface area contributed by atoms with Gasteiger partial charge < -0.3 is 4.74 Å². The SMILES string of the molecule is COC(=C1CCCC1)c1cccs1. The second kappa shape index (κ2) is 3.97. The highest BCUT2D eigenvalue weighted by molar-refractivity contribution is 7.11. The number of methoxy groups -OCH3 is 1. The Morgan fingerprint density at radius 1 is 1.38 bits per heavy atom. The molecule has 0 aromatic carbocycles. The van der Waals surface area contributed by atoms with Gasteiger partial charge >= 0.3 is 0 Å². The highest BCUT2D eigenvalue weighted by Gasteiger charge is 2.14. The van der Waals surface area contributed by atoms with Gasteiger partial charge in [-0.05, 0) is 42.7 Å². The van der Waals surface area contributed by atoms with E-state index >= 15 is 0 Å². The molecular formula is C11H14OS. The maximum Gasteiger partial charge on any atom is 0.135 e. The van der Waals surface area contributed by atoms with E-state index in [4.69, 9.17) is 4.74 Å². The molecule has 1 aliphatic carbocycles. The average Bonchev–Trinajstić information content (AvgIpc) is 2.76. The lowest BCUT2D eigenvalue weighted by Crippen LogP contribution is -1.88. The van der Waals surface area contributed by atoms with Crippen LogP contribution in [0.3, 0.4) is 0 Å².